The molecule has 5 nitrogen and oxygen atoms in total. The van der Waals surface area contributed by atoms with Crippen molar-refractivity contribution in [3.63, 3.8) is 0 Å². The summed E-state index contributed by atoms with van der Waals surface area (Å²) in [4.78, 5) is 0. The molecular formula is C13H18N4OS. The Balaban J connectivity index is 2.01. The second kappa shape index (κ2) is 6.70. The van der Waals surface area contributed by atoms with E-state index in [4.69, 9.17) is 5.73 Å². The summed E-state index contributed by atoms with van der Waals surface area (Å²) in [5, 5.41) is 19.1. The van der Waals surface area contributed by atoms with Crippen LogP contribution in [0.25, 0.3) is 0 Å². The van der Waals surface area contributed by atoms with Gasteiger partial charge in [0.15, 0.2) is 5.16 Å². The monoisotopic (exact) mass is 278 g/mol. The predicted molar refractivity (Wildman–Crippen MR) is 75.7 cm³/mol. The Morgan fingerprint density at radius 1 is 1.32 bits per heavy atom. The van der Waals surface area contributed by atoms with Gasteiger partial charge in [-0.1, -0.05) is 42.1 Å². The summed E-state index contributed by atoms with van der Waals surface area (Å²) in [7, 11) is 0. The van der Waals surface area contributed by atoms with Gasteiger partial charge in [-0.2, -0.15) is 0 Å². The highest BCUT2D eigenvalue weighted by Crippen LogP contribution is 2.23. The van der Waals surface area contributed by atoms with Crippen LogP contribution in [0.3, 0.4) is 0 Å². The average Bonchev–Trinajstić information content (AvgIpc) is 2.87. The molecule has 102 valence electrons. The van der Waals surface area contributed by atoms with Crippen molar-refractivity contribution in [3.8, 4) is 0 Å². The highest BCUT2D eigenvalue weighted by atomic mass is 32.2. The van der Waals surface area contributed by atoms with Crippen LogP contribution in [0, 0.1) is 0 Å². The van der Waals surface area contributed by atoms with E-state index in [1.165, 1.54) is 11.8 Å². The Bertz CT molecular complexity index is 515. The number of aliphatic hydroxyl groups is 1. The summed E-state index contributed by atoms with van der Waals surface area (Å²) in [6.45, 7) is 3.19. The number of aromatic nitrogens is 3. The second-order valence-corrected chi connectivity index (χ2v) is 5.07. The molecule has 0 saturated carbocycles. The van der Waals surface area contributed by atoms with Crippen LogP contribution in [-0.2, 0) is 13.1 Å². The van der Waals surface area contributed by atoms with Gasteiger partial charge in [0.2, 0.25) is 0 Å². The van der Waals surface area contributed by atoms with Crippen LogP contribution >= 0.6 is 11.8 Å². The minimum absolute atomic E-state index is 0.378. The highest BCUT2D eigenvalue weighted by molar-refractivity contribution is 7.99. The number of hydrogen-bond donors (Lipinski definition) is 2. The van der Waals surface area contributed by atoms with Crippen molar-refractivity contribution in [2.75, 3.05) is 5.75 Å². The number of hydrogen-bond acceptors (Lipinski definition) is 5. The largest absolute Gasteiger partial charge is 0.388 e. The number of aliphatic hydroxyl groups excluding tert-OH is 1. The summed E-state index contributed by atoms with van der Waals surface area (Å²) in [5.41, 5.74) is 6.52. The number of nitrogens with two attached hydrogens (primary N) is 1. The normalized spacial score (nSPS) is 12.6. The predicted octanol–water partition coefficient (Wildman–Crippen LogP) is 1.58. The van der Waals surface area contributed by atoms with Gasteiger partial charge in [-0.25, -0.2) is 0 Å². The lowest BCUT2D eigenvalue weighted by molar-refractivity contribution is 0.204. The molecule has 0 aliphatic carbocycles. The van der Waals surface area contributed by atoms with Crippen molar-refractivity contribution in [2.24, 2.45) is 5.73 Å². The lowest BCUT2D eigenvalue weighted by Gasteiger charge is -2.11. The molecule has 0 spiro atoms. The summed E-state index contributed by atoms with van der Waals surface area (Å²) >= 11 is 1.49. The van der Waals surface area contributed by atoms with Crippen molar-refractivity contribution in [1.82, 2.24) is 14.8 Å². The summed E-state index contributed by atoms with van der Waals surface area (Å²) in [6.07, 6.45) is -0.505. The molecule has 0 saturated heterocycles. The molecule has 1 aromatic carbocycles. The Morgan fingerprint density at radius 3 is 2.68 bits per heavy atom. The maximum absolute atomic E-state index is 10.1. The molecule has 1 unspecified atom stereocenters. The van der Waals surface area contributed by atoms with Gasteiger partial charge in [0.25, 0.3) is 0 Å². The molecule has 2 aromatic rings. The third-order valence-electron chi connectivity index (χ3n) is 2.85. The van der Waals surface area contributed by atoms with Crippen molar-refractivity contribution in [2.45, 2.75) is 31.3 Å². The number of thioether (sulfide) groups is 1. The third kappa shape index (κ3) is 3.34. The lowest BCUT2D eigenvalue weighted by Crippen LogP contribution is -2.08. The topological polar surface area (TPSA) is 77.0 Å². The highest BCUT2D eigenvalue weighted by Gasteiger charge is 2.13. The minimum Gasteiger partial charge on any atom is -0.388 e. The first-order valence-electron chi connectivity index (χ1n) is 6.24. The molecule has 0 fully saturated rings. The molecule has 19 heavy (non-hydrogen) atoms. The maximum atomic E-state index is 10.1. The Morgan fingerprint density at radius 2 is 2.05 bits per heavy atom. The third-order valence-corrected chi connectivity index (χ3v) is 3.89. The van der Waals surface area contributed by atoms with E-state index < -0.39 is 6.10 Å². The fourth-order valence-corrected chi connectivity index (χ4v) is 2.81. The summed E-state index contributed by atoms with van der Waals surface area (Å²) in [6, 6.07) is 9.61. The molecule has 2 rings (SSSR count). The van der Waals surface area contributed by atoms with Gasteiger partial charge in [0, 0.05) is 12.3 Å². The Kier molecular flexibility index (Phi) is 4.95. The van der Waals surface area contributed by atoms with Gasteiger partial charge in [0.1, 0.15) is 5.82 Å². The number of rotatable bonds is 6. The van der Waals surface area contributed by atoms with Crippen LogP contribution in [0.5, 0.6) is 0 Å². The van der Waals surface area contributed by atoms with E-state index in [0.29, 0.717) is 12.3 Å². The maximum Gasteiger partial charge on any atom is 0.191 e. The fraction of sp³-hybridized carbons (Fsp3) is 0.385. The van der Waals surface area contributed by atoms with Crippen LogP contribution < -0.4 is 5.73 Å². The van der Waals surface area contributed by atoms with E-state index in [2.05, 4.69) is 10.2 Å². The van der Waals surface area contributed by atoms with Crippen LogP contribution in [0.1, 0.15) is 24.4 Å². The average molecular weight is 278 g/mol. The SMILES string of the molecule is CCn1c(CN)nnc1SCC(O)c1ccccc1. The summed E-state index contributed by atoms with van der Waals surface area (Å²) in [5.74, 6) is 1.33. The first kappa shape index (κ1) is 14.0. The van der Waals surface area contributed by atoms with E-state index in [0.717, 1.165) is 23.1 Å². The first-order valence-corrected chi connectivity index (χ1v) is 7.22. The van der Waals surface area contributed by atoms with Gasteiger partial charge in [-0.3, -0.25) is 0 Å². The Labute approximate surface area is 116 Å². The number of nitrogens with zero attached hydrogens (tertiary/aromatic N) is 3. The van der Waals surface area contributed by atoms with E-state index in [1.807, 2.05) is 41.8 Å². The van der Waals surface area contributed by atoms with Gasteiger partial charge in [-0.05, 0) is 12.5 Å². The zero-order valence-electron chi connectivity index (χ0n) is 10.9. The van der Waals surface area contributed by atoms with Crippen LogP contribution in [0.4, 0.5) is 0 Å². The lowest BCUT2D eigenvalue weighted by atomic mass is 10.1. The second-order valence-electron chi connectivity index (χ2n) is 4.08. The summed E-state index contributed by atoms with van der Waals surface area (Å²) < 4.78 is 1.97. The molecule has 0 amide bonds. The van der Waals surface area contributed by atoms with Crippen molar-refractivity contribution < 1.29 is 5.11 Å². The molecule has 6 heteroatoms. The van der Waals surface area contributed by atoms with Crippen LogP contribution in [-0.4, -0.2) is 25.6 Å². The minimum atomic E-state index is -0.505. The van der Waals surface area contributed by atoms with Gasteiger partial charge < -0.3 is 15.4 Å². The van der Waals surface area contributed by atoms with Gasteiger partial charge in [-0.15, -0.1) is 10.2 Å². The molecule has 1 atom stereocenters. The van der Waals surface area contributed by atoms with E-state index >= 15 is 0 Å². The van der Waals surface area contributed by atoms with E-state index in [-0.39, 0.29) is 0 Å². The van der Waals surface area contributed by atoms with Gasteiger partial charge in [0.05, 0.1) is 12.6 Å². The Hall–Kier alpha value is -1.37. The molecule has 1 heterocycles. The molecule has 1 aromatic heterocycles. The van der Waals surface area contributed by atoms with Crippen molar-refractivity contribution >= 4 is 11.8 Å². The smallest absolute Gasteiger partial charge is 0.191 e. The van der Waals surface area contributed by atoms with Crippen molar-refractivity contribution in [1.29, 1.82) is 0 Å². The van der Waals surface area contributed by atoms with Gasteiger partial charge >= 0.3 is 0 Å². The number of benzene rings is 1. The van der Waals surface area contributed by atoms with Crippen molar-refractivity contribution in [3.05, 3.63) is 41.7 Å². The van der Waals surface area contributed by atoms with E-state index in [1.54, 1.807) is 0 Å². The van der Waals surface area contributed by atoms with Crippen LogP contribution in [0.15, 0.2) is 35.5 Å². The standard InChI is InChI=1S/C13H18N4OS/c1-2-17-12(8-14)15-16-13(17)19-9-11(18)10-6-4-3-5-7-10/h3-7,11,18H,2,8-9,14H2,1H3. The molecule has 0 aliphatic rings. The molecule has 0 radical (unpaired) electrons. The molecule has 0 bridgehead atoms. The molecular weight excluding hydrogens is 260 g/mol. The van der Waals surface area contributed by atoms with Crippen LogP contribution in [0.2, 0.25) is 0 Å². The first-order chi connectivity index (χ1) is 9.26. The fourth-order valence-electron chi connectivity index (χ4n) is 1.82. The zero-order valence-corrected chi connectivity index (χ0v) is 11.7. The van der Waals surface area contributed by atoms with E-state index in [9.17, 15) is 5.11 Å². The quantitative estimate of drug-likeness (QED) is 0.785. The zero-order chi connectivity index (χ0) is 13.7. The molecule has 3 N–H and O–H groups in total. The molecule has 0 aliphatic heterocycles.